The maximum atomic E-state index is 12.5. The number of carbonyl (C=O) groups excluding carboxylic acids is 2. The number of amides is 2. The topological polar surface area (TPSA) is 100 Å². The molecule has 1 saturated heterocycles. The SMILES string of the molecule is Cc1cc(C(=O)NCCC(=O)N2CCC(n3c(=O)[nH]c4ccccc43)CC2)c(C)o1. The molecule has 158 valence electrons. The molecule has 3 heterocycles. The fourth-order valence-corrected chi connectivity index (χ4v) is 4.20. The highest BCUT2D eigenvalue weighted by Crippen LogP contribution is 2.25. The molecule has 0 spiro atoms. The Kier molecular flexibility index (Phi) is 5.48. The first kappa shape index (κ1) is 20.0. The van der Waals surface area contributed by atoms with Gasteiger partial charge in [-0.1, -0.05) is 12.1 Å². The van der Waals surface area contributed by atoms with Crippen LogP contribution in [0.1, 0.15) is 47.2 Å². The monoisotopic (exact) mass is 410 g/mol. The molecular formula is C22H26N4O4. The first-order valence-electron chi connectivity index (χ1n) is 10.3. The fraction of sp³-hybridized carbons (Fsp3) is 0.409. The molecule has 0 bridgehead atoms. The summed E-state index contributed by atoms with van der Waals surface area (Å²) < 4.78 is 7.18. The maximum absolute atomic E-state index is 12.5. The molecule has 0 radical (unpaired) electrons. The zero-order valence-electron chi connectivity index (χ0n) is 17.2. The van der Waals surface area contributed by atoms with Crippen molar-refractivity contribution in [3.8, 4) is 0 Å². The third-order valence-corrected chi connectivity index (χ3v) is 5.72. The molecule has 8 heteroatoms. The van der Waals surface area contributed by atoms with E-state index in [0.717, 1.165) is 23.9 Å². The minimum absolute atomic E-state index is 0.0140. The van der Waals surface area contributed by atoms with Crippen molar-refractivity contribution in [2.75, 3.05) is 19.6 Å². The van der Waals surface area contributed by atoms with Crippen LogP contribution in [0.5, 0.6) is 0 Å². The van der Waals surface area contributed by atoms with Gasteiger partial charge in [-0.25, -0.2) is 4.79 Å². The highest BCUT2D eigenvalue weighted by molar-refractivity contribution is 5.95. The summed E-state index contributed by atoms with van der Waals surface area (Å²) in [5.74, 6) is 1.05. The minimum Gasteiger partial charge on any atom is -0.466 e. The largest absolute Gasteiger partial charge is 0.466 e. The number of nitrogens with one attached hydrogen (secondary N) is 2. The highest BCUT2D eigenvalue weighted by Gasteiger charge is 2.26. The number of imidazole rings is 1. The molecule has 4 rings (SSSR count). The number of para-hydroxylation sites is 2. The zero-order chi connectivity index (χ0) is 21.3. The first-order chi connectivity index (χ1) is 14.4. The standard InChI is InChI=1S/C22H26N4O4/c1-14-13-17(15(2)30-14)21(28)23-10-7-20(27)25-11-8-16(9-12-25)26-19-6-4-3-5-18(19)24-22(26)29/h3-6,13,16H,7-12H2,1-2H3,(H,23,28)(H,24,29). The second kappa shape index (κ2) is 8.22. The second-order valence-corrected chi connectivity index (χ2v) is 7.76. The van der Waals surface area contributed by atoms with Gasteiger partial charge in [-0.3, -0.25) is 14.2 Å². The van der Waals surface area contributed by atoms with Crippen LogP contribution in [0.15, 0.2) is 39.5 Å². The van der Waals surface area contributed by atoms with Crippen molar-refractivity contribution >= 4 is 22.8 Å². The molecule has 2 aromatic heterocycles. The van der Waals surface area contributed by atoms with Crippen LogP contribution in [0, 0.1) is 13.8 Å². The Morgan fingerprint density at radius 1 is 1.20 bits per heavy atom. The molecule has 1 fully saturated rings. The third-order valence-electron chi connectivity index (χ3n) is 5.72. The van der Waals surface area contributed by atoms with Gasteiger partial charge in [0.15, 0.2) is 0 Å². The second-order valence-electron chi connectivity index (χ2n) is 7.76. The van der Waals surface area contributed by atoms with Gasteiger partial charge in [0, 0.05) is 32.1 Å². The Morgan fingerprint density at radius 3 is 2.63 bits per heavy atom. The van der Waals surface area contributed by atoms with Crippen molar-refractivity contribution in [3.05, 3.63) is 57.9 Å². The summed E-state index contributed by atoms with van der Waals surface area (Å²) in [7, 11) is 0. The molecule has 0 atom stereocenters. The van der Waals surface area contributed by atoms with E-state index in [0.29, 0.717) is 30.2 Å². The van der Waals surface area contributed by atoms with Crippen LogP contribution in [-0.4, -0.2) is 45.9 Å². The smallest absolute Gasteiger partial charge is 0.326 e. The summed E-state index contributed by atoms with van der Waals surface area (Å²) in [6.07, 6.45) is 1.71. The summed E-state index contributed by atoms with van der Waals surface area (Å²) in [6, 6.07) is 9.43. The van der Waals surface area contributed by atoms with E-state index in [2.05, 4.69) is 10.3 Å². The maximum Gasteiger partial charge on any atom is 0.326 e. The van der Waals surface area contributed by atoms with Crippen molar-refractivity contribution in [1.82, 2.24) is 19.8 Å². The number of fused-ring (bicyclic) bond motifs is 1. The van der Waals surface area contributed by atoms with Crippen molar-refractivity contribution in [1.29, 1.82) is 0 Å². The summed E-state index contributed by atoms with van der Waals surface area (Å²) in [4.78, 5) is 41.9. The van der Waals surface area contributed by atoms with E-state index in [1.54, 1.807) is 19.9 Å². The fourth-order valence-electron chi connectivity index (χ4n) is 4.20. The Morgan fingerprint density at radius 2 is 1.93 bits per heavy atom. The lowest BCUT2D eigenvalue weighted by Gasteiger charge is -2.32. The predicted molar refractivity (Wildman–Crippen MR) is 113 cm³/mol. The van der Waals surface area contributed by atoms with E-state index in [-0.39, 0.29) is 36.5 Å². The number of aromatic amines is 1. The van der Waals surface area contributed by atoms with Gasteiger partial charge in [-0.15, -0.1) is 0 Å². The number of aryl methyl sites for hydroxylation is 2. The lowest BCUT2D eigenvalue weighted by atomic mass is 10.0. The molecule has 30 heavy (non-hydrogen) atoms. The summed E-state index contributed by atoms with van der Waals surface area (Å²) in [5, 5.41) is 2.79. The van der Waals surface area contributed by atoms with Gasteiger partial charge in [0.05, 0.1) is 16.6 Å². The number of aromatic nitrogens is 2. The molecule has 1 aromatic carbocycles. The number of benzene rings is 1. The van der Waals surface area contributed by atoms with Crippen molar-refractivity contribution in [3.63, 3.8) is 0 Å². The van der Waals surface area contributed by atoms with E-state index in [4.69, 9.17) is 4.42 Å². The molecule has 0 saturated carbocycles. The average molecular weight is 410 g/mol. The van der Waals surface area contributed by atoms with Gasteiger partial charge in [-0.05, 0) is 44.9 Å². The van der Waals surface area contributed by atoms with Crippen LogP contribution in [0.4, 0.5) is 0 Å². The summed E-state index contributed by atoms with van der Waals surface area (Å²) in [5.41, 5.74) is 2.14. The number of H-pyrrole nitrogens is 1. The molecule has 0 aliphatic carbocycles. The third kappa shape index (κ3) is 3.90. The van der Waals surface area contributed by atoms with Crippen LogP contribution < -0.4 is 11.0 Å². The molecule has 2 amide bonds. The lowest BCUT2D eigenvalue weighted by molar-refractivity contribution is -0.132. The van der Waals surface area contributed by atoms with Crippen LogP contribution in [-0.2, 0) is 4.79 Å². The van der Waals surface area contributed by atoms with Crippen LogP contribution >= 0.6 is 0 Å². The predicted octanol–water partition coefficient (Wildman–Crippen LogP) is 2.52. The number of likely N-dealkylation sites (tertiary alicyclic amines) is 1. The van der Waals surface area contributed by atoms with Gasteiger partial charge < -0.3 is 19.6 Å². The minimum atomic E-state index is -0.227. The molecule has 3 aromatic rings. The van der Waals surface area contributed by atoms with Gasteiger partial charge in [0.25, 0.3) is 5.91 Å². The molecular weight excluding hydrogens is 384 g/mol. The number of nitrogens with zero attached hydrogens (tertiary/aromatic N) is 2. The average Bonchev–Trinajstić information content (AvgIpc) is 3.25. The number of furan rings is 1. The lowest BCUT2D eigenvalue weighted by Crippen LogP contribution is -2.41. The number of carbonyl (C=O) groups is 2. The van der Waals surface area contributed by atoms with Crippen molar-refractivity contribution in [2.24, 2.45) is 0 Å². The van der Waals surface area contributed by atoms with Gasteiger partial charge >= 0.3 is 5.69 Å². The molecule has 1 aliphatic rings. The van der Waals surface area contributed by atoms with Gasteiger partial charge in [-0.2, -0.15) is 0 Å². The van der Waals surface area contributed by atoms with Gasteiger partial charge in [0.2, 0.25) is 5.91 Å². The van der Waals surface area contributed by atoms with E-state index < -0.39 is 0 Å². The Bertz CT molecular complexity index is 1130. The molecule has 2 N–H and O–H groups in total. The van der Waals surface area contributed by atoms with E-state index in [1.807, 2.05) is 33.7 Å². The first-order valence-corrected chi connectivity index (χ1v) is 10.3. The number of hydrogen-bond donors (Lipinski definition) is 2. The number of rotatable bonds is 5. The molecule has 8 nitrogen and oxygen atoms in total. The van der Waals surface area contributed by atoms with E-state index >= 15 is 0 Å². The number of piperidine rings is 1. The van der Waals surface area contributed by atoms with E-state index in [9.17, 15) is 14.4 Å². The molecule has 0 unspecified atom stereocenters. The number of hydrogen-bond acceptors (Lipinski definition) is 4. The molecule has 1 aliphatic heterocycles. The van der Waals surface area contributed by atoms with Crippen LogP contribution in [0.2, 0.25) is 0 Å². The van der Waals surface area contributed by atoms with E-state index in [1.165, 1.54) is 0 Å². The van der Waals surface area contributed by atoms with Crippen LogP contribution in [0.25, 0.3) is 11.0 Å². The quantitative estimate of drug-likeness (QED) is 0.675. The Balaban J connectivity index is 1.29. The summed E-state index contributed by atoms with van der Waals surface area (Å²) >= 11 is 0. The normalized spacial score (nSPS) is 14.9. The Labute approximate surface area is 173 Å². The zero-order valence-corrected chi connectivity index (χ0v) is 17.2. The highest BCUT2D eigenvalue weighted by atomic mass is 16.3. The Hall–Kier alpha value is -3.29. The van der Waals surface area contributed by atoms with Gasteiger partial charge in [0.1, 0.15) is 11.5 Å². The van der Waals surface area contributed by atoms with Crippen molar-refractivity contribution < 1.29 is 14.0 Å². The van der Waals surface area contributed by atoms with Crippen molar-refractivity contribution in [2.45, 2.75) is 39.2 Å². The summed E-state index contributed by atoms with van der Waals surface area (Å²) in [6.45, 7) is 5.02. The van der Waals surface area contributed by atoms with Crippen LogP contribution in [0.3, 0.4) is 0 Å².